The Labute approximate surface area is 117 Å². The third kappa shape index (κ3) is 3.23. The van der Waals surface area contributed by atoms with Gasteiger partial charge in [0.25, 0.3) is 0 Å². The van der Waals surface area contributed by atoms with Crippen molar-refractivity contribution in [1.29, 1.82) is 0 Å². The lowest BCUT2D eigenvalue weighted by Gasteiger charge is -2.03. The predicted octanol–water partition coefficient (Wildman–Crippen LogP) is 3.75. The summed E-state index contributed by atoms with van der Waals surface area (Å²) in [6.07, 6.45) is 5.03. The molecule has 0 bridgehead atoms. The molecule has 19 heavy (non-hydrogen) atoms. The molecule has 2 aromatic rings. The Kier molecular flexibility index (Phi) is 4.74. The highest BCUT2D eigenvalue weighted by atomic mass is 32.1. The molecule has 0 fully saturated rings. The second-order valence-corrected chi connectivity index (χ2v) is 5.19. The molecule has 0 saturated heterocycles. The van der Waals surface area contributed by atoms with E-state index in [1.165, 1.54) is 6.42 Å². The smallest absolute Gasteiger partial charge is 0.206 e. The van der Waals surface area contributed by atoms with E-state index in [4.69, 9.17) is 4.42 Å². The summed E-state index contributed by atoms with van der Waals surface area (Å²) in [5.74, 6) is 0.818. The number of hydrogen-bond donors (Lipinski definition) is 0. The van der Waals surface area contributed by atoms with Gasteiger partial charge in [0.2, 0.25) is 4.80 Å². The van der Waals surface area contributed by atoms with E-state index in [0.717, 1.165) is 34.8 Å². The van der Waals surface area contributed by atoms with Gasteiger partial charge < -0.3 is 4.42 Å². The number of thiazole rings is 1. The lowest BCUT2D eigenvalue weighted by atomic mass is 10.2. The van der Waals surface area contributed by atoms with E-state index in [9.17, 15) is 0 Å². The van der Waals surface area contributed by atoms with Crippen LogP contribution in [0, 0.1) is 0 Å². The first-order chi connectivity index (χ1) is 9.26. The monoisotopic (exact) mass is 277 g/mol. The van der Waals surface area contributed by atoms with E-state index in [0.29, 0.717) is 0 Å². The minimum Gasteiger partial charge on any atom is -0.463 e. The minimum atomic E-state index is 0.818. The predicted molar refractivity (Wildman–Crippen MR) is 79.5 cm³/mol. The molecule has 0 unspecified atom stereocenters. The van der Waals surface area contributed by atoms with Crippen LogP contribution in [-0.2, 0) is 0 Å². The molecule has 0 aliphatic carbocycles. The third-order valence-electron chi connectivity index (χ3n) is 2.81. The Balaban J connectivity index is 2.41. The first kappa shape index (κ1) is 13.8. The normalized spacial score (nSPS) is 13.2. The number of hydrogen-bond acceptors (Lipinski definition) is 4. The topological polar surface area (TPSA) is 42.8 Å². The number of nitrogens with zero attached hydrogens (tertiary/aromatic N) is 3. The summed E-state index contributed by atoms with van der Waals surface area (Å²) in [4.78, 5) is 5.14. The second-order valence-electron chi connectivity index (χ2n) is 4.36. The first-order valence-corrected chi connectivity index (χ1v) is 7.36. The summed E-state index contributed by atoms with van der Waals surface area (Å²) in [6, 6.07) is 3.82. The van der Waals surface area contributed by atoms with Crippen LogP contribution in [0.4, 0.5) is 0 Å². The number of rotatable bonds is 5. The van der Waals surface area contributed by atoms with E-state index in [1.54, 1.807) is 24.6 Å². The van der Waals surface area contributed by atoms with Gasteiger partial charge in [-0.1, -0.05) is 13.3 Å². The molecule has 0 aromatic carbocycles. The molecule has 0 N–H and O–H groups in total. The van der Waals surface area contributed by atoms with Crippen molar-refractivity contribution in [1.82, 2.24) is 4.68 Å². The van der Waals surface area contributed by atoms with Crippen molar-refractivity contribution < 1.29 is 4.42 Å². The lowest BCUT2D eigenvalue weighted by molar-refractivity contribution is 0.575. The van der Waals surface area contributed by atoms with Crippen molar-refractivity contribution in [2.24, 2.45) is 10.1 Å². The summed E-state index contributed by atoms with van der Waals surface area (Å²) in [7, 11) is 1.78. The van der Waals surface area contributed by atoms with Crippen LogP contribution in [0.2, 0.25) is 0 Å². The maximum Gasteiger partial charge on any atom is 0.206 e. The van der Waals surface area contributed by atoms with Gasteiger partial charge in [-0.2, -0.15) is 5.10 Å². The van der Waals surface area contributed by atoms with Gasteiger partial charge >= 0.3 is 0 Å². The lowest BCUT2D eigenvalue weighted by Crippen LogP contribution is -2.13. The van der Waals surface area contributed by atoms with Gasteiger partial charge in [-0.15, -0.1) is 11.3 Å². The van der Waals surface area contributed by atoms with E-state index in [2.05, 4.69) is 23.9 Å². The summed E-state index contributed by atoms with van der Waals surface area (Å²) < 4.78 is 7.33. The molecule has 0 aliphatic heterocycles. The first-order valence-electron chi connectivity index (χ1n) is 6.48. The molecular weight excluding hydrogens is 258 g/mol. The molecule has 2 heterocycles. The van der Waals surface area contributed by atoms with E-state index < -0.39 is 0 Å². The minimum absolute atomic E-state index is 0.818. The van der Waals surface area contributed by atoms with Gasteiger partial charge in [0, 0.05) is 18.1 Å². The molecule has 4 nitrogen and oxygen atoms in total. The van der Waals surface area contributed by atoms with Crippen molar-refractivity contribution in [3.05, 3.63) is 28.6 Å². The summed E-state index contributed by atoms with van der Waals surface area (Å²) in [5.41, 5.74) is 2.06. The maximum absolute atomic E-state index is 5.46. The third-order valence-corrected chi connectivity index (χ3v) is 3.72. The van der Waals surface area contributed by atoms with Gasteiger partial charge in [-0.3, -0.25) is 4.99 Å². The highest BCUT2D eigenvalue weighted by Crippen LogP contribution is 2.20. The van der Waals surface area contributed by atoms with Gasteiger partial charge in [-0.25, -0.2) is 4.68 Å². The zero-order valence-corrected chi connectivity index (χ0v) is 12.4. The number of furan rings is 1. The van der Waals surface area contributed by atoms with Crippen molar-refractivity contribution >= 4 is 17.0 Å². The average molecular weight is 277 g/mol. The molecule has 0 aliphatic rings. The fourth-order valence-corrected chi connectivity index (χ4v) is 2.57. The number of unbranched alkanes of at least 4 members (excludes halogenated alkanes) is 1. The van der Waals surface area contributed by atoms with Crippen LogP contribution in [0.5, 0.6) is 0 Å². The average Bonchev–Trinajstić information content (AvgIpc) is 3.04. The van der Waals surface area contributed by atoms with Crippen molar-refractivity contribution in [3.63, 3.8) is 0 Å². The summed E-state index contributed by atoms with van der Waals surface area (Å²) >= 11 is 1.57. The summed E-state index contributed by atoms with van der Waals surface area (Å²) in [5, 5.41) is 6.70. The Hall–Kier alpha value is -1.62. The van der Waals surface area contributed by atoms with Crippen LogP contribution in [0.25, 0.3) is 11.5 Å². The van der Waals surface area contributed by atoms with Crippen LogP contribution >= 0.6 is 11.3 Å². The molecule has 5 heteroatoms. The summed E-state index contributed by atoms with van der Waals surface area (Å²) in [6.45, 7) is 4.25. The Morgan fingerprint density at radius 3 is 2.95 bits per heavy atom. The highest BCUT2D eigenvalue weighted by molar-refractivity contribution is 7.07. The standard InChI is InChI=1S/C14H19N3OS/c1-4-5-7-11(2)16-17-12(10-19-14(17)15-3)13-8-6-9-18-13/h6,8-10H,4-5,7H2,1-3H3. The van der Waals surface area contributed by atoms with Gasteiger partial charge in [-0.05, 0) is 31.9 Å². The molecule has 0 radical (unpaired) electrons. The van der Waals surface area contributed by atoms with E-state index >= 15 is 0 Å². The molecule has 0 saturated carbocycles. The van der Waals surface area contributed by atoms with Crippen LogP contribution in [0.3, 0.4) is 0 Å². The Bertz CT molecular complexity index is 605. The molecule has 2 rings (SSSR count). The number of aromatic nitrogens is 1. The Morgan fingerprint density at radius 1 is 1.47 bits per heavy atom. The quantitative estimate of drug-likeness (QED) is 0.767. The maximum atomic E-state index is 5.46. The van der Waals surface area contributed by atoms with Crippen LogP contribution in [0.1, 0.15) is 33.1 Å². The zero-order chi connectivity index (χ0) is 13.7. The highest BCUT2D eigenvalue weighted by Gasteiger charge is 2.09. The molecular formula is C14H19N3OS. The zero-order valence-electron chi connectivity index (χ0n) is 11.6. The Morgan fingerprint density at radius 2 is 2.32 bits per heavy atom. The van der Waals surface area contributed by atoms with Gasteiger partial charge in [0.05, 0.1) is 6.26 Å². The van der Waals surface area contributed by atoms with E-state index in [-0.39, 0.29) is 0 Å². The van der Waals surface area contributed by atoms with Crippen LogP contribution in [0.15, 0.2) is 38.3 Å². The molecule has 102 valence electrons. The SMILES string of the molecule is CCCCC(C)=Nn1c(-c2ccco2)csc1=NC. The molecule has 0 atom stereocenters. The van der Waals surface area contributed by atoms with Gasteiger partial charge in [0.15, 0.2) is 5.76 Å². The van der Waals surface area contributed by atoms with Crippen molar-refractivity contribution in [2.75, 3.05) is 7.05 Å². The molecule has 0 spiro atoms. The second kappa shape index (κ2) is 6.52. The fourth-order valence-electron chi connectivity index (χ4n) is 1.80. The van der Waals surface area contributed by atoms with E-state index in [1.807, 2.05) is 22.2 Å². The fraction of sp³-hybridized carbons (Fsp3) is 0.429. The van der Waals surface area contributed by atoms with Crippen LogP contribution in [-0.4, -0.2) is 17.4 Å². The van der Waals surface area contributed by atoms with Gasteiger partial charge in [0.1, 0.15) is 5.69 Å². The molecule has 2 aromatic heterocycles. The van der Waals surface area contributed by atoms with Crippen LogP contribution < -0.4 is 4.80 Å². The largest absolute Gasteiger partial charge is 0.463 e. The molecule has 0 amide bonds. The van der Waals surface area contributed by atoms with Crippen molar-refractivity contribution in [3.8, 4) is 11.5 Å². The van der Waals surface area contributed by atoms with Crippen molar-refractivity contribution in [2.45, 2.75) is 33.1 Å².